The van der Waals surface area contributed by atoms with E-state index in [1.165, 1.54) is 12.1 Å². The van der Waals surface area contributed by atoms with Crippen LogP contribution >= 0.6 is 0 Å². The van der Waals surface area contributed by atoms with Crippen LogP contribution in [-0.4, -0.2) is 29.0 Å². The van der Waals surface area contributed by atoms with Gasteiger partial charge in [-0.1, -0.05) is 6.92 Å². The minimum absolute atomic E-state index is 0.0198. The van der Waals surface area contributed by atoms with Crippen molar-refractivity contribution in [3.05, 3.63) is 28.3 Å². The fraction of sp³-hybridized carbons (Fsp3) is 0.462. The second kappa shape index (κ2) is 4.75. The van der Waals surface area contributed by atoms with Gasteiger partial charge in [-0.15, -0.1) is 0 Å². The number of fused-ring (bicyclic) bond motifs is 1. The largest absolute Gasteiger partial charge is 0.423 e. The van der Waals surface area contributed by atoms with Crippen molar-refractivity contribution in [2.75, 3.05) is 18.0 Å². The van der Waals surface area contributed by atoms with E-state index in [4.69, 9.17) is 10.2 Å². The van der Waals surface area contributed by atoms with Gasteiger partial charge in [0.15, 0.2) is 5.58 Å². The van der Waals surface area contributed by atoms with Crippen molar-refractivity contribution in [2.45, 2.75) is 19.4 Å². The van der Waals surface area contributed by atoms with E-state index in [2.05, 4.69) is 11.9 Å². The van der Waals surface area contributed by atoms with Crippen molar-refractivity contribution in [3.63, 3.8) is 0 Å². The third-order valence-electron chi connectivity index (χ3n) is 3.81. The lowest BCUT2D eigenvalue weighted by atomic mass is 9.95. The molecule has 0 radical (unpaired) electrons. The molecule has 2 aromatic rings. The summed E-state index contributed by atoms with van der Waals surface area (Å²) < 4.78 is 5.68. The first kappa shape index (κ1) is 12.9. The molecule has 0 aliphatic carbocycles. The summed E-state index contributed by atoms with van der Waals surface area (Å²) in [7, 11) is 0. The van der Waals surface area contributed by atoms with E-state index >= 15 is 0 Å². The number of nitrogens with two attached hydrogens (primary N) is 1. The number of aromatic nitrogens is 1. The second-order valence-electron chi connectivity index (χ2n) is 5.28. The number of oxazole rings is 1. The lowest BCUT2D eigenvalue weighted by molar-refractivity contribution is -0.384. The van der Waals surface area contributed by atoms with Gasteiger partial charge < -0.3 is 15.1 Å². The smallest absolute Gasteiger partial charge is 0.298 e. The standard InChI is InChI=1S/C13H16N4O3/c1-8-7-16(5-4-10(8)14)13-15-11-6-9(17(18)19)2-3-12(11)20-13/h2-3,6,8,10H,4-5,7,14H2,1H3. The minimum Gasteiger partial charge on any atom is -0.423 e. The van der Waals surface area contributed by atoms with Crippen LogP contribution in [0.2, 0.25) is 0 Å². The van der Waals surface area contributed by atoms with Crippen LogP contribution in [0.5, 0.6) is 0 Å². The van der Waals surface area contributed by atoms with Gasteiger partial charge in [0.05, 0.1) is 4.92 Å². The quantitative estimate of drug-likeness (QED) is 0.664. The summed E-state index contributed by atoms with van der Waals surface area (Å²) in [6.45, 7) is 3.68. The van der Waals surface area contributed by atoms with E-state index in [9.17, 15) is 10.1 Å². The molecule has 106 valence electrons. The Morgan fingerprint density at radius 2 is 2.35 bits per heavy atom. The molecule has 1 aliphatic heterocycles. The Labute approximate surface area is 115 Å². The highest BCUT2D eigenvalue weighted by atomic mass is 16.6. The third kappa shape index (κ3) is 2.20. The van der Waals surface area contributed by atoms with Crippen LogP contribution in [0.25, 0.3) is 11.1 Å². The maximum atomic E-state index is 10.8. The zero-order valence-electron chi connectivity index (χ0n) is 11.2. The molecule has 0 saturated carbocycles. The highest BCUT2D eigenvalue weighted by molar-refractivity contribution is 5.77. The summed E-state index contributed by atoms with van der Waals surface area (Å²) in [6, 6.07) is 5.16. The number of hydrogen-bond donors (Lipinski definition) is 1. The molecule has 0 spiro atoms. The summed E-state index contributed by atoms with van der Waals surface area (Å²) in [5.41, 5.74) is 7.09. The second-order valence-corrected chi connectivity index (χ2v) is 5.28. The van der Waals surface area contributed by atoms with Crippen LogP contribution in [0.4, 0.5) is 11.7 Å². The Kier molecular flexibility index (Phi) is 3.06. The summed E-state index contributed by atoms with van der Waals surface area (Å²) in [6.07, 6.45) is 0.889. The van der Waals surface area contributed by atoms with Crippen LogP contribution in [-0.2, 0) is 0 Å². The fourth-order valence-electron chi connectivity index (χ4n) is 2.49. The van der Waals surface area contributed by atoms with Gasteiger partial charge in [0.2, 0.25) is 0 Å². The van der Waals surface area contributed by atoms with Crippen molar-refractivity contribution >= 4 is 22.8 Å². The molecule has 1 aliphatic rings. The predicted molar refractivity (Wildman–Crippen MR) is 74.6 cm³/mol. The Morgan fingerprint density at radius 1 is 1.55 bits per heavy atom. The molecule has 2 unspecified atom stereocenters. The number of hydrogen-bond acceptors (Lipinski definition) is 6. The number of nitro groups is 1. The maximum Gasteiger partial charge on any atom is 0.298 e. The molecule has 7 heteroatoms. The molecule has 2 atom stereocenters. The average molecular weight is 276 g/mol. The van der Waals surface area contributed by atoms with E-state index in [0.717, 1.165) is 19.5 Å². The summed E-state index contributed by atoms with van der Waals surface area (Å²) in [4.78, 5) is 16.7. The first-order chi connectivity index (χ1) is 9.54. The average Bonchev–Trinajstić information content (AvgIpc) is 2.84. The Bertz CT molecular complexity index is 654. The molecular weight excluding hydrogens is 260 g/mol. The van der Waals surface area contributed by atoms with Gasteiger partial charge in [0.1, 0.15) is 5.52 Å². The molecule has 0 amide bonds. The van der Waals surface area contributed by atoms with Gasteiger partial charge in [-0.2, -0.15) is 4.98 Å². The normalized spacial score (nSPS) is 23.2. The highest BCUT2D eigenvalue weighted by Crippen LogP contribution is 2.28. The van der Waals surface area contributed by atoms with Crippen molar-refractivity contribution in [3.8, 4) is 0 Å². The number of benzene rings is 1. The SMILES string of the molecule is CC1CN(c2nc3cc([N+](=O)[O-])ccc3o2)CCC1N. The van der Waals surface area contributed by atoms with E-state index < -0.39 is 4.92 Å². The van der Waals surface area contributed by atoms with Crippen LogP contribution in [0.3, 0.4) is 0 Å². The van der Waals surface area contributed by atoms with Crippen LogP contribution in [0, 0.1) is 16.0 Å². The number of piperidine rings is 1. The van der Waals surface area contributed by atoms with Crippen molar-refractivity contribution < 1.29 is 9.34 Å². The molecule has 2 N–H and O–H groups in total. The van der Waals surface area contributed by atoms with E-state index in [-0.39, 0.29) is 11.7 Å². The third-order valence-corrected chi connectivity index (χ3v) is 3.81. The number of non-ortho nitro benzene ring substituents is 1. The molecule has 3 rings (SSSR count). The van der Waals surface area contributed by atoms with Gasteiger partial charge in [-0.05, 0) is 18.4 Å². The van der Waals surface area contributed by atoms with Crippen molar-refractivity contribution in [2.24, 2.45) is 11.7 Å². The molecule has 7 nitrogen and oxygen atoms in total. The van der Waals surface area contributed by atoms with Crippen LogP contribution in [0.1, 0.15) is 13.3 Å². The molecule has 1 saturated heterocycles. The van der Waals surface area contributed by atoms with Gasteiger partial charge in [-0.3, -0.25) is 10.1 Å². The topological polar surface area (TPSA) is 98.4 Å². The summed E-state index contributed by atoms with van der Waals surface area (Å²) >= 11 is 0. The molecule has 1 aromatic carbocycles. The number of nitro benzene ring substituents is 1. The monoisotopic (exact) mass is 276 g/mol. The first-order valence-corrected chi connectivity index (χ1v) is 6.60. The fourth-order valence-corrected chi connectivity index (χ4v) is 2.49. The van der Waals surface area contributed by atoms with Crippen molar-refractivity contribution in [1.82, 2.24) is 4.98 Å². The van der Waals surface area contributed by atoms with Gasteiger partial charge in [0, 0.05) is 31.3 Å². The van der Waals surface area contributed by atoms with Crippen molar-refractivity contribution in [1.29, 1.82) is 0 Å². The Balaban J connectivity index is 1.91. The van der Waals surface area contributed by atoms with Gasteiger partial charge in [0.25, 0.3) is 11.7 Å². The Morgan fingerprint density at radius 3 is 3.05 bits per heavy atom. The van der Waals surface area contributed by atoms with E-state index in [1.54, 1.807) is 6.07 Å². The van der Waals surface area contributed by atoms with E-state index in [0.29, 0.717) is 23.0 Å². The summed E-state index contributed by atoms with van der Waals surface area (Å²) in [5.74, 6) is 0.369. The van der Waals surface area contributed by atoms with Gasteiger partial charge in [-0.25, -0.2) is 0 Å². The first-order valence-electron chi connectivity index (χ1n) is 6.60. The number of nitrogens with zero attached hydrogens (tertiary/aromatic N) is 3. The number of rotatable bonds is 2. The van der Waals surface area contributed by atoms with Crippen LogP contribution in [0.15, 0.2) is 22.6 Å². The summed E-state index contributed by atoms with van der Waals surface area (Å²) in [5, 5.41) is 10.8. The molecule has 20 heavy (non-hydrogen) atoms. The minimum atomic E-state index is -0.435. The lowest BCUT2D eigenvalue weighted by Crippen LogP contribution is -2.46. The zero-order valence-corrected chi connectivity index (χ0v) is 11.2. The van der Waals surface area contributed by atoms with Gasteiger partial charge >= 0.3 is 0 Å². The molecule has 0 bridgehead atoms. The predicted octanol–water partition coefficient (Wildman–Crippen LogP) is 1.91. The molecule has 2 heterocycles. The lowest BCUT2D eigenvalue weighted by Gasteiger charge is -2.33. The highest BCUT2D eigenvalue weighted by Gasteiger charge is 2.26. The van der Waals surface area contributed by atoms with Crippen LogP contribution < -0.4 is 10.6 Å². The maximum absolute atomic E-state index is 10.8. The zero-order chi connectivity index (χ0) is 14.3. The molecular formula is C13H16N4O3. The molecule has 1 fully saturated rings. The molecule has 1 aromatic heterocycles. The Hall–Kier alpha value is -2.15. The number of anilines is 1. The van der Waals surface area contributed by atoms with E-state index in [1.807, 2.05) is 4.90 Å².